The van der Waals surface area contributed by atoms with Crippen molar-refractivity contribution < 1.29 is 8.85 Å². The summed E-state index contributed by atoms with van der Waals surface area (Å²) in [6.07, 6.45) is 0.686. The maximum atomic E-state index is 6.78. The Hall–Kier alpha value is -0.0800. The topological polar surface area (TPSA) is 21.3 Å². The van der Waals surface area contributed by atoms with Gasteiger partial charge in [-0.3, -0.25) is 0 Å². The van der Waals surface area contributed by atoms with E-state index in [2.05, 4.69) is 5.32 Å². The number of ether oxygens (including phenoxy) is 1. The first-order chi connectivity index (χ1) is 4.58. The molecule has 1 heterocycles. The third-order valence-corrected chi connectivity index (χ3v) is 1.18. The lowest BCUT2D eigenvalue weighted by Crippen LogP contribution is -2.14. The van der Waals surface area contributed by atoms with Crippen LogP contribution >= 0.6 is 0 Å². The standard InChI is InChI=1S/C5H11NO/c1-7-5-2-3-6-4-5/h5-6H,2-4H2,1H3/t5-/m1/s1/i1D3. The van der Waals surface area contributed by atoms with Gasteiger partial charge in [-0.2, -0.15) is 0 Å². The van der Waals surface area contributed by atoms with Crippen LogP contribution in [0.1, 0.15) is 10.5 Å². The number of methoxy groups -OCH3 is 1. The summed E-state index contributed by atoms with van der Waals surface area (Å²) in [4.78, 5) is 0. The number of hydrogen-bond donors (Lipinski definition) is 1. The van der Waals surface area contributed by atoms with Crippen LogP contribution in [0.4, 0.5) is 0 Å². The average Bonchev–Trinajstić information content (AvgIpc) is 2.12. The van der Waals surface area contributed by atoms with Gasteiger partial charge in [0, 0.05) is 13.6 Å². The normalized spacial score (nSPS) is 39.4. The summed E-state index contributed by atoms with van der Waals surface area (Å²) >= 11 is 0. The van der Waals surface area contributed by atoms with Gasteiger partial charge in [-0.15, -0.1) is 0 Å². The van der Waals surface area contributed by atoms with Crippen LogP contribution in [0.3, 0.4) is 0 Å². The fourth-order valence-corrected chi connectivity index (χ4v) is 0.729. The molecule has 0 aromatic heterocycles. The van der Waals surface area contributed by atoms with Crippen molar-refractivity contribution in [3.8, 4) is 0 Å². The van der Waals surface area contributed by atoms with Crippen molar-refractivity contribution in [2.75, 3.05) is 20.1 Å². The number of nitrogens with one attached hydrogen (secondary N) is 1. The lowest BCUT2D eigenvalue weighted by Gasteiger charge is -2.01. The molecule has 1 N–H and O–H groups in total. The molecule has 42 valence electrons. The van der Waals surface area contributed by atoms with Crippen LogP contribution in [0.15, 0.2) is 0 Å². The van der Waals surface area contributed by atoms with Gasteiger partial charge in [0.15, 0.2) is 0 Å². The Balaban J connectivity index is 2.24. The quantitative estimate of drug-likeness (QED) is 0.505. The minimum Gasteiger partial charge on any atom is -0.380 e. The molecule has 0 spiro atoms. The molecule has 0 radical (unpaired) electrons. The second-order valence-corrected chi connectivity index (χ2v) is 1.73. The highest BCUT2D eigenvalue weighted by Gasteiger charge is 2.11. The van der Waals surface area contributed by atoms with Crippen LogP contribution in [-0.4, -0.2) is 26.2 Å². The second kappa shape index (κ2) is 2.28. The van der Waals surface area contributed by atoms with Crippen molar-refractivity contribution in [1.29, 1.82) is 0 Å². The van der Waals surface area contributed by atoms with E-state index in [4.69, 9.17) is 8.85 Å². The minimum atomic E-state index is -2.23. The molecule has 2 nitrogen and oxygen atoms in total. The Morgan fingerprint density at radius 3 is 3.57 bits per heavy atom. The van der Waals surface area contributed by atoms with Gasteiger partial charge in [0.25, 0.3) is 0 Å². The third kappa shape index (κ3) is 1.14. The fourth-order valence-electron chi connectivity index (χ4n) is 0.729. The van der Waals surface area contributed by atoms with Gasteiger partial charge in [-0.1, -0.05) is 0 Å². The predicted octanol–water partition coefficient (Wildman–Crippen LogP) is -0.00530. The Kier molecular flexibility index (Phi) is 0.804. The summed E-state index contributed by atoms with van der Waals surface area (Å²) in [5, 5.41) is 3.02. The SMILES string of the molecule is [2H]C([2H])([2H])O[C@@H]1CCNC1. The first-order valence-electron chi connectivity index (χ1n) is 3.96. The zero-order valence-electron chi connectivity index (χ0n) is 7.11. The van der Waals surface area contributed by atoms with Crippen LogP contribution in [0.25, 0.3) is 0 Å². The molecule has 0 bridgehead atoms. The monoisotopic (exact) mass is 104 g/mol. The van der Waals surface area contributed by atoms with E-state index in [0.717, 1.165) is 13.0 Å². The molecule has 0 aliphatic carbocycles. The number of rotatable bonds is 1. The molecular formula is C5H11NO. The molecule has 0 unspecified atom stereocenters. The van der Waals surface area contributed by atoms with Crippen molar-refractivity contribution in [2.24, 2.45) is 0 Å². The molecule has 1 atom stereocenters. The molecule has 1 fully saturated rings. The van der Waals surface area contributed by atoms with Gasteiger partial charge in [0.2, 0.25) is 0 Å². The van der Waals surface area contributed by atoms with Crippen LogP contribution < -0.4 is 5.32 Å². The van der Waals surface area contributed by atoms with E-state index in [1.807, 2.05) is 0 Å². The zero-order valence-corrected chi connectivity index (χ0v) is 4.11. The van der Waals surface area contributed by atoms with Gasteiger partial charge in [-0.05, 0) is 13.0 Å². The van der Waals surface area contributed by atoms with Crippen LogP contribution in [0.5, 0.6) is 0 Å². The first-order valence-corrected chi connectivity index (χ1v) is 2.46. The maximum Gasteiger partial charge on any atom is 0.0707 e. The molecular weight excluding hydrogens is 90.1 g/mol. The highest BCUT2D eigenvalue weighted by atomic mass is 16.5. The lowest BCUT2D eigenvalue weighted by atomic mass is 10.3. The van der Waals surface area contributed by atoms with Crippen molar-refractivity contribution in [1.82, 2.24) is 5.32 Å². The second-order valence-electron chi connectivity index (χ2n) is 1.73. The molecule has 1 aliphatic heterocycles. The van der Waals surface area contributed by atoms with Crippen LogP contribution in [0.2, 0.25) is 0 Å². The molecule has 0 saturated carbocycles. The van der Waals surface area contributed by atoms with Gasteiger partial charge >= 0.3 is 0 Å². The van der Waals surface area contributed by atoms with Crippen LogP contribution in [0, 0.1) is 0 Å². The Bertz CT molecular complexity index is 108. The predicted molar refractivity (Wildman–Crippen MR) is 28.3 cm³/mol. The summed E-state index contributed by atoms with van der Waals surface area (Å²) in [6, 6.07) is 0. The Morgan fingerprint density at radius 2 is 3.00 bits per heavy atom. The van der Waals surface area contributed by atoms with Crippen molar-refractivity contribution in [3.05, 3.63) is 0 Å². The van der Waals surface area contributed by atoms with E-state index >= 15 is 0 Å². The van der Waals surface area contributed by atoms with Gasteiger partial charge in [0.05, 0.1) is 10.2 Å². The molecule has 2 heteroatoms. The molecule has 0 aromatic carbocycles. The van der Waals surface area contributed by atoms with E-state index in [0.29, 0.717) is 6.54 Å². The van der Waals surface area contributed by atoms with Gasteiger partial charge in [-0.25, -0.2) is 0 Å². The average molecular weight is 104 g/mol. The summed E-state index contributed by atoms with van der Waals surface area (Å²) < 4.78 is 25.1. The van der Waals surface area contributed by atoms with E-state index in [9.17, 15) is 0 Å². The van der Waals surface area contributed by atoms with Crippen LogP contribution in [-0.2, 0) is 4.74 Å². The molecule has 0 aromatic rings. The van der Waals surface area contributed by atoms with Crippen molar-refractivity contribution >= 4 is 0 Å². The lowest BCUT2D eigenvalue weighted by molar-refractivity contribution is 0.119. The third-order valence-electron chi connectivity index (χ3n) is 1.18. The smallest absolute Gasteiger partial charge is 0.0707 e. The van der Waals surface area contributed by atoms with E-state index in [1.54, 1.807) is 0 Å². The Morgan fingerprint density at radius 1 is 2.00 bits per heavy atom. The van der Waals surface area contributed by atoms with E-state index < -0.39 is 7.04 Å². The van der Waals surface area contributed by atoms with Crippen molar-refractivity contribution in [2.45, 2.75) is 12.5 Å². The molecule has 1 saturated heterocycles. The van der Waals surface area contributed by atoms with E-state index in [-0.39, 0.29) is 6.10 Å². The molecule has 1 rings (SSSR count). The minimum absolute atomic E-state index is 0.118. The molecule has 0 amide bonds. The summed E-state index contributed by atoms with van der Waals surface area (Å²) in [5.41, 5.74) is 0. The van der Waals surface area contributed by atoms with Gasteiger partial charge in [0.1, 0.15) is 0 Å². The molecule has 1 aliphatic rings. The largest absolute Gasteiger partial charge is 0.380 e. The summed E-state index contributed by atoms with van der Waals surface area (Å²) in [5.74, 6) is 0. The highest BCUT2D eigenvalue weighted by molar-refractivity contribution is 4.69. The highest BCUT2D eigenvalue weighted by Crippen LogP contribution is 1.99. The van der Waals surface area contributed by atoms with E-state index in [1.165, 1.54) is 0 Å². The maximum absolute atomic E-state index is 6.78. The Labute approximate surface area is 48.1 Å². The summed E-state index contributed by atoms with van der Waals surface area (Å²) in [6.45, 7) is 1.53. The fraction of sp³-hybridized carbons (Fsp3) is 1.00. The van der Waals surface area contributed by atoms with Crippen molar-refractivity contribution in [3.63, 3.8) is 0 Å². The zero-order chi connectivity index (χ0) is 7.61. The van der Waals surface area contributed by atoms with Gasteiger partial charge < -0.3 is 10.1 Å². The number of hydrogen-bond acceptors (Lipinski definition) is 2. The molecule has 7 heavy (non-hydrogen) atoms. The summed E-state index contributed by atoms with van der Waals surface area (Å²) in [7, 11) is -2.23. The first kappa shape index (κ1) is 2.46.